The second kappa shape index (κ2) is 5.50. The molecule has 104 valence electrons. The first-order valence-electron chi connectivity index (χ1n) is 6.73. The predicted octanol–water partition coefficient (Wildman–Crippen LogP) is 2.39. The van der Waals surface area contributed by atoms with Gasteiger partial charge in [-0.2, -0.15) is 0 Å². The number of hydrogen-bond acceptors (Lipinski definition) is 5. The zero-order chi connectivity index (χ0) is 13.9. The molecule has 0 saturated carbocycles. The van der Waals surface area contributed by atoms with E-state index in [1.54, 1.807) is 0 Å². The molecule has 6 heteroatoms. The van der Waals surface area contributed by atoms with Crippen molar-refractivity contribution in [2.45, 2.75) is 40.5 Å². The summed E-state index contributed by atoms with van der Waals surface area (Å²) in [6.45, 7) is 10.1. The summed E-state index contributed by atoms with van der Waals surface area (Å²) in [5, 5.41) is 18.8. The third-order valence-corrected chi connectivity index (χ3v) is 2.97. The van der Waals surface area contributed by atoms with E-state index in [1.807, 2.05) is 12.1 Å². The Morgan fingerprint density at radius 3 is 2.84 bits per heavy atom. The molecule has 0 spiro atoms. The van der Waals surface area contributed by atoms with Gasteiger partial charge in [-0.1, -0.05) is 27.7 Å². The normalized spacial score (nSPS) is 13.7. The highest BCUT2D eigenvalue weighted by atomic mass is 15.6. The Hall–Kier alpha value is -1.72. The molecular formula is C13H22N6. The van der Waals surface area contributed by atoms with Gasteiger partial charge in [-0.05, 0) is 46.7 Å². The third-order valence-electron chi connectivity index (χ3n) is 2.97. The van der Waals surface area contributed by atoms with E-state index in [4.69, 9.17) is 0 Å². The largest absolute Gasteiger partial charge is 0.369 e. The van der Waals surface area contributed by atoms with Crippen molar-refractivity contribution in [2.24, 2.45) is 11.3 Å². The van der Waals surface area contributed by atoms with Crippen LogP contribution in [0, 0.1) is 11.3 Å². The minimum absolute atomic E-state index is 0.392. The van der Waals surface area contributed by atoms with Crippen LogP contribution >= 0.6 is 0 Å². The summed E-state index contributed by atoms with van der Waals surface area (Å²) in [5.41, 5.74) is 1.05. The van der Waals surface area contributed by atoms with Crippen LogP contribution < -0.4 is 5.32 Å². The van der Waals surface area contributed by atoms with Crippen LogP contribution in [0.3, 0.4) is 0 Å². The molecule has 0 radical (unpaired) electrons. The quantitative estimate of drug-likeness (QED) is 0.896. The summed E-state index contributed by atoms with van der Waals surface area (Å²) < 4.78 is 1.43. The van der Waals surface area contributed by atoms with Crippen LogP contribution in [0.15, 0.2) is 12.1 Å². The number of nitrogens with zero attached hydrogens (tertiary/aromatic N) is 5. The number of tetrazole rings is 1. The SMILES string of the molecule is CC(CCNc1ccc2nnnn2n1)CC(C)(C)C. The average molecular weight is 262 g/mol. The van der Waals surface area contributed by atoms with Crippen molar-refractivity contribution in [2.75, 3.05) is 11.9 Å². The maximum absolute atomic E-state index is 4.28. The molecule has 1 N–H and O–H groups in total. The van der Waals surface area contributed by atoms with E-state index in [0.29, 0.717) is 17.0 Å². The topological polar surface area (TPSA) is 68.0 Å². The molecule has 0 bridgehead atoms. The molecule has 0 saturated heterocycles. The smallest absolute Gasteiger partial charge is 0.200 e. The second-order valence-corrected chi connectivity index (χ2v) is 6.33. The number of rotatable bonds is 5. The molecule has 2 aromatic heterocycles. The van der Waals surface area contributed by atoms with Gasteiger partial charge in [0.2, 0.25) is 0 Å². The molecule has 0 aliphatic rings. The fourth-order valence-corrected chi connectivity index (χ4v) is 2.34. The Morgan fingerprint density at radius 2 is 2.11 bits per heavy atom. The molecule has 0 fully saturated rings. The van der Waals surface area contributed by atoms with Gasteiger partial charge in [0, 0.05) is 6.54 Å². The molecule has 19 heavy (non-hydrogen) atoms. The first-order valence-corrected chi connectivity index (χ1v) is 6.73. The van der Waals surface area contributed by atoms with E-state index in [1.165, 1.54) is 11.1 Å². The van der Waals surface area contributed by atoms with Crippen molar-refractivity contribution in [3.05, 3.63) is 12.1 Å². The van der Waals surface area contributed by atoms with Gasteiger partial charge in [-0.15, -0.1) is 14.8 Å². The van der Waals surface area contributed by atoms with Crippen LogP contribution in [0.1, 0.15) is 40.5 Å². The van der Waals surface area contributed by atoms with Crippen LogP contribution in [-0.4, -0.2) is 31.8 Å². The van der Waals surface area contributed by atoms with Crippen molar-refractivity contribution >= 4 is 11.5 Å². The van der Waals surface area contributed by atoms with Crippen LogP contribution in [0.5, 0.6) is 0 Å². The summed E-state index contributed by atoms with van der Waals surface area (Å²) in [6, 6.07) is 3.76. The van der Waals surface area contributed by atoms with Gasteiger partial charge < -0.3 is 5.32 Å². The number of hydrogen-bond donors (Lipinski definition) is 1. The maximum atomic E-state index is 4.28. The monoisotopic (exact) mass is 262 g/mol. The van der Waals surface area contributed by atoms with Crippen LogP contribution in [0.2, 0.25) is 0 Å². The Balaban J connectivity index is 1.82. The van der Waals surface area contributed by atoms with Crippen molar-refractivity contribution in [3.63, 3.8) is 0 Å². The Kier molecular flexibility index (Phi) is 3.97. The lowest BCUT2D eigenvalue weighted by atomic mass is 9.84. The van der Waals surface area contributed by atoms with E-state index < -0.39 is 0 Å². The Bertz CT molecular complexity index is 527. The molecule has 1 unspecified atom stereocenters. The Morgan fingerprint density at radius 1 is 1.32 bits per heavy atom. The maximum Gasteiger partial charge on any atom is 0.200 e. The number of nitrogens with one attached hydrogen (secondary N) is 1. The van der Waals surface area contributed by atoms with E-state index in [9.17, 15) is 0 Å². The molecule has 0 amide bonds. The van der Waals surface area contributed by atoms with Gasteiger partial charge in [-0.25, -0.2) is 0 Å². The van der Waals surface area contributed by atoms with Gasteiger partial charge in [-0.3, -0.25) is 0 Å². The summed E-state index contributed by atoms with van der Waals surface area (Å²) in [4.78, 5) is 0. The van der Waals surface area contributed by atoms with Gasteiger partial charge in [0.1, 0.15) is 5.82 Å². The summed E-state index contributed by atoms with van der Waals surface area (Å²) in [7, 11) is 0. The van der Waals surface area contributed by atoms with E-state index in [2.05, 4.69) is 53.6 Å². The lowest BCUT2D eigenvalue weighted by molar-refractivity contribution is 0.300. The van der Waals surface area contributed by atoms with Gasteiger partial charge in [0.05, 0.1) is 0 Å². The van der Waals surface area contributed by atoms with Crippen LogP contribution in [0.4, 0.5) is 5.82 Å². The molecule has 6 nitrogen and oxygen atoms in total. The zero-order valence-corrected chi connectivity index (χ0v) is 12.1. The standard InChI is InChI=1S/C13H22N6/c1-10(9-13(2,3)4)7-8-14-11-5-6-12-15-17-18-19(12)16-11/h5-6,10H,7-9H2,1-4H3,(H,14,16). The first kappa shape index (κ1) is 13.7. The van der Waals surface area contributed by atoms with Crippen molar-refractivity contribution < 1.29 is 0 Å². The van der Waals surface area contributed by atoms with Crippen molar-refractivity contribution in [3.8, 4) is 0 Å². The van der Waals surface area contributed by atoms with E-state index in [0.717, 1.165) is 18.8 Å². The molecule has 0 aliphatic carbocycles. The third kappa shape index (κ3) is 4.15. The molecule has 2 rings (SSSR count). The minimum Gasteiger partial charge on any atom is -0.369 e. The molecule has 2 heterocycles. The number of aromatic nitrogens is 5. The van der Waals surface area contributed by atoms with Crippen molar-refractivity contribution in [1.82, 2.24) is 25.3 Å². The predicted molar refractivity (Wildman–Crippen MR) is 74.9 cm³/mol. The fraction of sp³-hybridized carbons (Fsp3) is 0.692. The van der Waals surface area contributed by atoms with Crippen LogP contribution in [0.25, 0.3) is 5.65 Å². The van der Waals surface area contributed by atoms with Gasteiger partial charge in [0.25, 0.3) is 0 Å². The highest BCUT2D eigenvalue weighted by Gasteiger charge is 2.14. The molecule has 0 aromatic carbocycles. The first-order chi connectivity index (χ1) is 8.94. The fourth-order valence-electron chi connectivity index (χ4n) is 2.34. The second-order valence-electron chi connectivity index (χ2n) is 6.33. The minimum atomic E-state index is 0.392. The highest BCUT2D eigenvalue weighted by Crippen LogP contribution is 2.25. The molecule has 0 aliphatic heterocycles. The molecular weight excluding hydrogens is 240 g/mol. The van der Waals surface area contributed by atoms with E-state index >= 15 is 0 Å². The lowest BCUT2D eigenvalue weighted by Gasteiger charge is -2.23. The van der Waals surface area contributed by atoms with E-state index in [-0.39, 0.29) is 0 Å². The van der Waals surface area contributed by atoms with Crippen LogP contribution in [-0.2, 0) is 0 Å². The zero-order valence-electron chi connectivity index (χ0n) is 12.1. The van der Waals surface area contributed by atoms with Crippen molar-refractivity contribution in [1.29, 1.82) is 0 Å². The van der Waals surface area contributed by atoms with Gasteiger partial charge >= 0.3 is 0 Å². The number of fused-ring (bicyclic) bond motifs is 1. The summed E-state index contributed by atoms with van der Waals surface area (Å²) >= 11 is 0. The van der Waals surface area contributed by atoms with Gasteiger partial charge in [0.15, 0.2) is 5.65 Å². The molecule has 1 atom stereocenters. The number of anilines is 1. The average Bonchev–Trinajstić information content (AvgIpc) is 2.73. The summed E-state index contributed by atoms with van der Waals surface area (Å²) in [6.07, 6.45) is 2.36. The Labute approximate surface area is 113 Å². The lowest BCUT2D eigenvalue weighted by Crippen LogP contribution is -2.15. The summed E-state index contributed by atoms with van der Waals surface area (Å²) in [5.74, 6) is 1.51. The highest BCUT2D eigenvalue weighted by molar-refractivity contribution is 5.41. The molecule has 2 aromatic rings.